The SMILES string of the molecule is C[C@@H]1CCCN(c2cc(N3Cc4ccccc4C3)nc(NC(=S)NC[C@@H]3CCCO3)n2)C1. The zero-order valence-corrected chi connectivity index (χ0v) is 19.5. The Morgan fingerprint density at radius 1 is 1.09 bits per heavy atom. The van der Waals surface area contributed by atoms with Crippen LogP contribution in [-0.2, 0) is 17.8 Å². The molecule has 2 atom stereocenters. The number of nitrogens with one attached hydrogen (secondary N) is 2. The van der Waals surface area contributed by atoms with E-state index in [-0.39, 0.29) is 6.10 Å². The third kappa shape index (κ3) is 4.96. The minimum atomic E-state index is 0.232. The number of anilines is 3. The number of piperidine rings is 1. The fourth-order valence-corrected chi connectivity index (χ4v) is 5.03. The largest absolute Gasteiger partial charge is 0.376 e. The van der Waals surface area contributed by atoms with E-state index in [1.54, 1.807) is 0 Å². The number of rotatable bonds is 5. The molecule has 2 aromatic rings. The molecule has 1 aromatic carbocycles. The second-order valence-corrected chi connectivity index (χ2v) is 9.60. The van der Waals surface area contributed by atoms with Crippen molar-refractivity contribution in [3.63, 3.8) is 0 Å². The van der Waals surface area contributed by atoms with Gasteiger partial charge in [-0.25, -0.2) is 0 Å². The van der Waals surface area contributed by atoms with E-state index in [1.165, 1.54) is 24.0 Å². The Balaban J connectivity index is 1.35. The fourth-order valence-electron chi connectivity index (χ4n) is 4.85. The van der Waals surface area contributed by atoms with Crippen LogP contribution in [0.1, 0.15) is 43.7 Å². The molecular formula is C24H32N6OS. The highest BCUT2D eigenvalue weighted by Crippen LogP contribution is 2.31. The van der Waals surface area contributed by atoms with Gasteiger partial charge in [0, 0.05) is 45.4 Å². The standard InChI is InChI=1S/C24H32N6OS/c1-17-6-4-10-29(14-17)21-12-22(30-15-18-7-2-3-8-19(18)16-30)27-23(26-21)28-24(32)25-13-20-9-5-11-31-20/h2-3,7-8,12,17,20H,4-6,9-11,13-16H2,1H3,(H2,25,26,27,28,32)/t17-,20+/m1/s1. The summed E-state index contributed by atoms with van der Waals surface area (Å²) < 4.78 is 5.68. The third-order valence-corrected chi connectivity index (χ3v) is 6.83. The molecule has 8 heteroatoms. The van der Waals surface area contributed by atoms with Crippen LogP contribution in [0.3, 0.4) is 0 Å². The Hall–Kier alpha value is -2.45. The number of nitrogens with zero attached hydrogens (tertiary/aromatic N) is 4. The van der Waals surface area contributed by atoms with E-state index in [2.05, 4.69) is 57.7 Å². The molecule has 2 saturated heterocycles. The molecule has 32 heavy (non-hydrogen) atoms. The van der Waals surface area contributed by atoms with Crippen LogP contribution in [0.15, 0.2) is 30.3 Å². The van der Waals surface area contributed by atoms with Crippen LogP contribution < -0.4 is 20.4 Å². The number of hydrogen-bond donors (Lipinski definition) is 2. The van der Waals surface area contributed by atoms with Crippen molar-refractivity contribution in [3.05, 3.63) is 41.5 Å². The molecule has 0 saturated carbocycles. The van der Waals surface area contributed by atoms with Gasteiger partial charge in [-0.05, 0) is 54.9 Å². The van der Waals surface area contributed by atoms with Gasteiger partial charge >= 0.3 is 0 Å². The number of thiocarbonyl (C=S) groups is 1. The number of fused-ring (bicyclic) bond motifs is 1. The maximum absolute atomic E-state index is 5.68. The molecule has 2 N–H and O–H groups in total. The lowest BCUT2D eigenvalue weighted by Gasteiger charge is -2.32. The molecule has 0 radical (unpaired) electrons. The van der Waals surface area contributed by atoms with Crippen molar-refractivity contribution in [2.24, 2.45) is 5.92 Å². The average Bonchev–Trinajstić information content (AvgIpc) is 3.47. The van der Waals surface area contributed by atoms with Gasteiger partial charge in [-0.2, -0.15) is 9.97 Å². The van der Waals surface area contributed by atoms with Gasteiger partial charge in [0.25, 0.3) is 0 Å². The van der Waals surface area contributed by atoms with Gasteiger partial charge < -0.3 is 25.2 Å². The van der Waals surface area contributed by atoms with E-state index in [0.29, 0.717) is 23.5 Å². The quantitative estimate of drug-likeness (QED) is 0.666. The third-order valence-electron chi connectivity index (χ3n) is 6.58. The van der Waals surface area contributed by atoms with E-state index in [1.807, 2.05) is 0 Å². The van der Waals surface area contributed by atoms with E-state index in [0.717, 1.165) is 57.3 Å². The molecule has 170 valence electrons. The minimum absolute atomic E-state index is 0.232. The Kier molecular flexibility index (Phi) is 6.41. The van der Waals surface area contributed by atoms with Crippen molar-refractivity contribution in [1.82, 2.24) is 15.3 Å². The van der Waals surface area contributed by atoms with Crippen molar-refractivity contribution in [3.8, 4) is 0 Å². The van der Waals surface area contributed by atoms with Crippen molar-refractivity contribution < 1.29 is 4.74 Å². The Labute approximate surface area is 195 Å². The van der Waals surface area contributed by atoms with E-state index in [4.69, 9.17) is 26.9 Å². The zero-order chi connectivity index (χ0) is 21.9. The zero-order valence-electron chi connectivity index (χ0n) is 18.7. The lowest BCUT2D eigenvalue weighted by Crippen LogP contribution is -2.37. The molecule has 0 aliphatic carbocycles. The number of benzene rings is 1. The summed E-state index contributed by atoms with van der Waals surface area (Å²) in [5, 5.41) is 7.04. The Bertz CT molecular complexity index is 938. The first-order chi connectivity index (χ1) is 15.6. The van der Waals surface area contributed by atoms with E-state index < -0.39 is 0 Å². The maximum Gasteiger partial charge on any atom is 0.232 e. The molecule has 7 nitrogen and oxygen atoms in total. The summed E-state index contributed by atoms with van der Waals surface area (Å²) in [7, 11) is 0. The highest BCUT2D eigenvalue weighted by atomic mass is 32.1. The molecule has 0 bridgehead atoms. The Morgan fingerprint density at radius 3 is 2.53 bits per heavy atom. The van der Waals surface area contributed by atoms with Crippen molar-refractivity contribution >= 4 is 34.9 Å². The van der Waals surface area contributed by atoms with Gasteiger partial charge in [-0.1, -0.05) is 31.2 Å². The van der Waals surface area contributed by atoms with Gasteiger partial charge in [0.15, 0.2) is 5.11 Å². The summed E-state index contributed by atoms with van der Waals surface area (Å²) in [5.74, 6) is 3.14. The molecule has 2 fully saturated rings. The molecule has 5 rings (SSSR count). The molecule has 4 heterocycles. The molecule has 0 spiro atoms. The van der Waals surface area contributed by atoms with Crippen molar-refractivity contribution in [2.45, 2.75) is 51.8 Å². The summed E-state index contributed by atoms with van der Waals surface area (Å²) in [4.78, 5) is 14.4. The van der Waals surface area contributed by atoms with E-state index in [9.17, 15) is 0 Å². The second kappa shape index (κ2) is 9.58. The summed E-state index contributed by atoms with van der Waals surface area (Å²) in [6.07, 6.45) is 4.90. The normalized spacial score (nSPS) is 22.7. The fraction of sp³-hybridized carbons (Fsp3) is 0.542. The van der Waals surface area contributed by atoms with Gasteiger partial charge in [-0.3, -0.25) is 0 Å². The molecule has 1 aromatic heterocycles. The highest BCUT2D eigenvalue weighted by Gasteiger charge is 2.24. The van der Waals surface area contributed by atoms with Crippen LogP contribution in [0.4, 0.5) is 17.6 Å². The summed E-state index contributed by atoms with van der Waals surface area (Å²) >= 11 is 5.54. The second-order valence-electron chi connectivity index (χ2n) is 9.20. The molecular weight excluding hydrogens is 420 g/mol. The number of hydrogen-bond acceptors (Lipinski definition) is 6. The predicted octanol–water partition coefficient (Wildman–Crippen LogP) is 3.70. The van der Waals surface area contributed by atoms with Crippen LogP contribution >= 0.6 is 12.2 Å². The Morgan fingerprint density at radius 2 is 1.84 bits per heavy atom. The topological polar surface area (TPSA) is 65.5 Å². The average molecular weight is 453 g/mol. The van der Waals surface area contributed by atoms with Crippen LogP contribution in [0.5, 0.6) is 0 Å². The van der Waals surface area contributed by atoms with Crippen LogP contribution in [0.2, 0.25) is 0 Å². The molecule has 0 amide bonds. The van der Waals surface area contributed by atoms with Gasteiger partial charge in [-0.15, -0.1) is 0 Å². The minimum Gasteiger partial charge on any atom is -0.376 e. The van der Waals surface area contributed by atoms with Crippen molar-refractivity contribution in [2.75, 3.05) is 41.4 Å². The van der Waals surface area contributed by atoms with E-state index >= 15 is 0 Å². The van der Waals surface area contributed by atoms with Crippen molar-refractivity contribution in [1.29, 1.82) is 0 Å². The number of ether oxygens (including phenoxy) is 1. The lowest BCUT2D eigenvalue weighted by molar-refractivity contribution is 0.114. The summed E-state index contributed by atoms with van der Waals surface area (Å²) in [6.45, 7) is 7.65. The summed E-state index contributed by atoms with van der Waals surface area (Å²) in [6, 6.07) is 10.8. The van der Waals surface area contributed by atoms with Gasteiger partial charge in [0.1, 0.15) is 11.6 Å². The van der Waals surface area contributed by atoms with Crippen LogP contribution in [-0.4, -0.2) is 47.4 Å². The first kappa shape index (κ1) is 21.4. The molecule has 0 unspecified atom stereocenters. The highest BCUT2D eigenvalue weighted by molar-refractivity contribution is 7.80. The molecule has 3 aliphatic rings. The molecule has 3 aliphatic heterocycles. The van der Waals surface area contributed by atoms with Crippen LogP contribution in [0.25, 0.3) is 0 Å². The van der Waals surface area contributed by atoms with Gasteiger partial charge in [0.2, 0.25) is 5.95 Å². The smallest absolute Gasteiger partial charge is 0.232 e. The number of aromatic nitrogens is 2. The predicted molar refractivity (Wildman–Crippen MR) is 132 cm³/mol. The first-order valence-corrected chi connectivity index (χ1v) is 12.2. The van der Waals surface area contributed by atoms with Gasteiger partial charge in [0.05, 0.1) is 6.10 Å². The first-order valence-electron chi connectivity index (χ1n) is 11.8. The monoisotopic (exact) mass is 452 g/mol. The maximum atomic E-state index is 5.68. The summed E-state index contributed by atoms with van der Waals surface area (Å²) in [5.41, 5.74) is 2.73. The van der Waals surface area contributed by atoms with Crippen LogP contribution in [0, 0.1) is 5.92 Å². The lowest BCUT2D eigenvalue weighted by atomic mass is 10.0.